The van der Waals surface area contributed by atoms with Crippen molar-refractivity contribution in [3.8, 4) is 22.3 Å². The number of hydrogen-bond acceptors (Lipinski definition) is 3. The molecule has 0 saturated heterocycles. The Morgan fingerprint density at radius 2 is 1.32 bits per heavy atom. The van der Waals surface area contributed by atoms with Crippen molar-refractivity contribution in [3.63, 3.8) is 0 Å². The summed E-state index contributed by atoms with van der Waals surface area (Å²) < 4.78 is 0. The smallest absolute Gasteiger partial charge is 0.251 e. The lowest BCUT2D eigenvalue weighted by molar-refractivity contribution is 0.0968. The highest BCUT2D eigenvalue weighted by molar-refractivity contribution is 6.11. The monoisotopic (exact) mass is 331 g/mol. The standard InChI is InChI=1S/C20H17N3O2/c21-18-15(9-10-16(19(22)24)17(18)20(23)25)14-8-4-7-13(11-14)12-5-2-1-3-6-12/h1-11H,21H2,(H2,22,24)(H2,23,25). The van der Waals surface area contributed by atoms with Crippen molar-refractivity contribution in [2.24, 2.45) is 11.5 Å². The molecule has 3 rings (SSSR count). The van der Waals surface area contributed by atoms with Crippen LogP contribution in [0.3, 0.4) is 0 Å². The van der Waals surface area contributed by atoms with Crippen LogP contribution in [0.25, 0.3) is 22.3 Å². The molecule has 6 N–H and O–H groups in total. The first-order chi connectivity index (χ1) is 12.0. The molecule has 25 heavy (non-hydrogen) atoms. The molecule has 0 spiro atoms. The number of primary amides is 2. The van der Waals surface area contributed by atoms with Gasteiger partial charge in [0.05, 0.1) is 16.8 Å². The molecule has 0 fully saturated rings. The summed E-state index contributed by atoms with van der Waals surface area (Å²) in [5, 5.41) is 0. The Morgan fingerprint density at radius 1 is 0.680 bits per heavy atom. The highest BCUT2D eigenvalue weighted by Gasteiger charge is 2.19. The predicted molar refractivity (Wildman–Crippen MR) is 98.8 cm³/mol. The summed E-state index contributed by atoms with van der Waals surface area (Å²) in [5.74, 6) is -1.53. The molecule has 3 aromatic carbocycles. The molecule has 5 heteroatoms. The summed E-state index contributed by atoms with van der Waals surface area (Å²) in [5.41, 5.74) is 20.5. The van der Waals surface area contributed by atoms with Crippen molar-refractivity contribution in [2.75, 3.05) is 5.73 Å². The number of nitrogen functional groups attached to an aromatic ring is 1. The minimum absolute atomic E-state index is 0.0213. The van der Waals surface area contributed by atoms with Gasteiger partial charge in [-0.2, -0.15) is 0 Å². The Kier molecular flexibility index (Phi) is 4.22. The molecule has 0 radical (unpaired) electrons. The van der Waals surface area contributed by atoms with Crippen LogP contribution in [-0.4, -0.2) is 11.8 Å². The van der Waals surface area contributed by atoms with Gasteiger partial charge in [-0.15, -0.1) is 0 Å². The maximum absolute atomic E-state index is 11.8. The molecule has 0 aromatic heterocycles. The molecule has 5 nitrogen and oxygen atoms in total. The summed E-state index contributed by atoms with van der Waals surface area (Å²) in [6, 6.07) is 20.8. The number of carbonyl (C=O) groups is 2. The quantitative estimate of drug-likeness (QED) is 0.639. The van der Waals surface area contributed by atoms with Crippen LogP contribution in [0.1, 0.15) is 20.7 Å². The number of anilines is 1. The lowest BCUT2D eigenvalue weighted by Gasteiger charge is -2.13. The van der Waals surface area contributed by atoms with E-state index in [-0.39, 0.29) is 16.8 Å². The molecule has 0 aliphatic heterocycles. The largest absolute Gasteiger partial charge is 0.398 e. The highest BCUT2D eigenvalue weighted by atomic mass is 16.2. The number of hydrogen-bond donors (Lipinski definition) is 3. The molecule has 0 aliphatic rings. The zero-order chi connectivity index (χ0) is 18.0. The molecule has 0 aliphatic carbocycles. The van der Waals surface area contributed by atoms with Crippen molar-refractivity contribution >= 4 is 17.5 Å². The Balaban J connectivity index is 2.16. The summed E-state index contributed by atoms with van der Waals surface area (Å²) in [6.45, 7) is 0. The second kappa shape index (κ2) is 6.49. The number of nitrogens with two attached hydrogens (primary N) is 3. The Bertz CT molecular complexity index is 966. The van der Waals surface area contributed by atoms with Gasteiger partial charge in [-0.3, -0.25) is 9.59 Å². The second-order valence-electron chi connectivity index (χ2n) is 5.62. The second-order valence-corrected chi connectivity index (χ2v) is 5.62. The first-order valence-electron chi connectivity index (χ1n) is 7.67. The van der Waals surface area contributed by atoms with E-state index in [0.717, 1.165) is 16.7 Å². The summed E-state index contributed by atoms with van der Waals surface area (Å²) in [4.78, 5) is 23.3. The fraction of sp³-hybridized carbons (Fsp3) is 0. The van der Waals surface area contributed by atoms with Crippen LogP contribution in [0.4, 0.5) is 5.69 Å². The van der Waals surface area contributed by atoms with Gasteiger partial charge in [0.2, 0.25) is 5.91 Å². The van der Waals surface area contributed by atoms with Crippen LogP contribution in [0.15, 0.2) is 66.7 Å². The summed E-state index contributed by atoms with van der Waals surface area (Å²) in [7, 11) is 0. The zero-order valence-corrected chi connectivity index (χ0v) is 13.4. The van der Waals surface area contributed by atoms with Crippen LogP contribution in [0, 0.1) is 0 Å². The van der Waals surface area contributed by atoms with Gasteiger partial charge in [0.1, 0.15) is 0 Å². The fourth-order valence-corrected chi connectivity index (χ4v) is 2.84. The van der Waals surface area contributed by atoms with Crippen LogP contribution < -0.4 is 17.2 Å². The van der Waals surface area contributed by atoms with E-state index in [1.54, 1.807) is 6.07 Å². The van der Waals surface area contributed by atoms with Crippen molar-refractivity contribution in [3.05, 3.63) is 77.9 Å². The molecule has 0 atom stereocenters. The minimum Gasteiger partial charge on any atom is -0.398 e. The van der Waals surface area contributed by atoms with Crippen LogP contribution >= 0.6 is 0 Å². The van der Waals surface area contributed by atoms with Crippen LogP contribution in [0.5, 0.6) is 0 Å². The van der Waals surface area contributed by atoms with E-state index < -0.39 is 11.8 Å². The van der Waals surface area contributed by atoms with Crippen molar-refractivity contribution in [1.82, 2.24) is 0 Å². The maximum Gasteiger partial charge on any atom is 0.251 e. The average Bonchev–Trinajstić information content (AvgIpc) is 2.61. The molecule has 3 aromatic rings. The summed E-state index contributed by atoms with van der Waals surface area (Å²) >= 11 is 0. The predicted octanol–water partition coefficient (Wildman–Crippen LogP) is 2.80. The van der Waals surface area contributed by atoms with Gasteiger partial charge in [0, 0.05) is 5.56 Å². The van der Waals surface area contributed by atoms with E-state index in [1.807, 2.05) is 54.6 Å². The number of rotatable bonds is 4. The van der Waals surface area contributed by atoms with Gasteiger partial charge in [0.15, 0.2) is 0 Å². The van der Waals surface area contributed by atoms with E-state index in [1.165, 1.54) is 6.07 Å². The van der Waals surface area contributed by atoms with E-state index in [9.17, 15) is 9.59 Å². The fourth-order valence-electron chi connectivity index (χ4n) is 2.84. The number of amides is 2. The van der Waals surface area contributed by atoms with Crippen LogP contribution in [0.2, 0.25) is 0 Å². The van der Waals surface area contributed by atoms with Gasteiger partial charge in [-0.25, -0.2) is 0 Å². The van der Waals surface area contributed by atoms with E-state index in [4.69, 9.17) is 17.2 Å². The molecule has 0 saturated carbocycles. The minimum atomic E-state index is -0.785. The average molecular weight is 331 g/mol. The topological polar surface area (TPSA) is 112 Å². The van der Waals surface area contributed by atoms with Crippen molar-refractivity contribution in [2.45, 2.75) is 0 Å². The van der Waals surface area contributed by atoms with E-state index >= 15 is 0 Å². The third kappa shape index (κ3) is 3.07. The third-order valence-electron chi connectivity index (χ3n) is 4.04. The zero-order valence-electron chi connectivity index (χ0n) is 13.4. The van der Waals surface area contributed by atoms with Crippen molar-refractivity contribution in [1.29, 1.82) is 0 Å². The molecule has 2 amide bonds. The molecular formula is C20H17N3O2. The number of benzene rings is 3. The van der Waals surface area contributed by atoms with Crippen molar-refractivity contribution < 1.29 is 9.59 Å². The SMILES string of the molecule is NC(=O)c1ccc(-c2cccc(-c3ccccc3)c2)c(N)c1C(N)=O. The normalized spacial score (nSPS) is 10.4. The first kappa shape index (κ1) is 16.3. The van der Waals surface area contributed by atoms with Crippen LogP contribution in [-0.2, 0) is 0 Å². The van der Waals surface area contributed by atoms with E-state index in [2.05, 4.69) is 0 Å². The lowest BCUT2D eigenvalue weighted by atomic mass is 9.93. The molecule has 0 bridgehead atoms. The maximum atomic E-state index is 11.8. The Labute approximate surface area is 145 Å². The van der Waals surface area contributed by atoms with Gasteiger partial charge in [-0.1, -0.05) is 54.6 Å². The highest BCUT2D eigenvalue weighted by Crippen LogP contribution is 2.33. The van der Waals surface area contributed by atoms with Gasteiger partial charge in [0.25, 0.3) is 5.91 Å². The number of carbonyl (C=O) groups excluding carboxylic acids is 2. The third-order valence-corrected chi connectivity index (χ3v) is 4.04. The van der Waals surface area contributed by atoms with Gasteiger partial charge < -0.3 is 17.2 Å². The Morgan fingerprint density at radius 3 is 1.96 bits per heavy atom. The molecule has 0 heterocycles. The molecule has 124 valence electrons. The van der Waals surface area contributed by atoms with Gasteiger partial charge >= 0.3 is 0 Å². The summed E-state index contributed by atoms with van der Waals surface area (Å²) in [6.07, 6.45) is 0. The first-order valence-corrected chi connectivity index (χ1v) is 7.67. The van der Waals surface area contributed by atoms with E-state index in [0.29, 0.717) is 5.56 Å². The van der Waals surface area contributed by atoms with Gasteiger partial charge in [-0.05, 0) is 28.8 Å². The molecular weight excluding hydrogens is 314 g/mol. The lowest BCUT2D eigenvalue weighted by Crippen LogP contribution is -2.22. The molecule has 0 unspecified atom stereocenters. The Hall–Kier alpha value is -3.60.